The first-order valence-electron chi connectivity index (χ1n) is 10.5. The molecule has 0 saturated carbocycles. The Labute approximate surface area is 181 Å². The van der Waals surface area contributed by atoms with Gasteiger partial charge in [-0.1, -0.05) is 24.3 Å². The quantitative estimate of drug-likeness (QED) is 0.309. The molecule has 1 aliphatic carbocycles. The van der Waals surface area contributed by atoms with Gasteiger partial charge >= 0.3 is 0 Å². The van der Waals surface area contributed by atoms with Gasteiger partial charge in [-0.05, 0) is 31.5 Å². The molecule has 9 nitrogen and oxygen atoms in total. The van der Waals surface area contributed by atoms with E-state index in [2.05, 4.69) is 0 Å². The first kappa shape index (κ1) is 19.0. The van der Waals surface area contributed by atoms with E-state index in [0.717, 1.165) is 11.3 Å². The van der Waals surface area contributed by atoms with Crippen molar-refractivity contribution in [1.82, 2.24) is 4.90 Å². The van der Waals surface area contributed by atoms with E-state index < -0.39 is 45.7 Å². The molecule has 6 rings (SSSR count). The van der Waals surface area contributed by atoms with Gasteiger partial charge in [0.2, 0.25) is 11.8 Å². The Kier molecular flexibility index (Phi) is 3.66. The normalized spacial score (nSPS) is 27.9. The Morgan fingerprint density at radius 1 is 0.906 bits per heavy atom. The van der Waals surface area contributed by atoms with Crippen LogP contribution in [0.4, 0.5) is 11.4 Å². The number of imide groups is 1. The van der Waals surface area contributed by atoms with Crippen LogP contribution in [-0.4, -0.2) is 51.3 Å². The highest BCUT2D eigenvalue weighted by atomic mass is 16.6. The maximum Gasteiger partial charge on any atom is 0.269 e. The van der Waals surface area contributed by atoms with E-state index in [-0.39, 0.29) is 28.5 Å². The molecule has 32 heavy (non-hydrogen) atoms. The number of rotatable bonds is 2. The molecule has 9 heteroatoms. The van der Waals surface area contributed by atoms with E-state index >= 15 is 0 Å². The first-order valence-corrected chi connectivity index (χ1v) is 10.5. The fourth-order valence-electron chi connectivity index (χ4n) is 6.21. The van der Waals surface area contributed by atoms with Crippen LogP contribution in [0.5, 0.6) is 0 Å². The van der Waals surface area contributed by atoms with Gasteiger partial charge in [0.05, 0.1) is 22.4 Å². The Bertz CT molecular complexity index is 1220. The molecule has 0 bridgehead atoms. The lowest BCUT2D eigenvalue weighted by atomic mass is 9.76. The third kappa shape index (κ3) is 2.02. The molecule has 3 atom stereocenters. The van der Waals surface area contributed by atoms with Gasteiger partial charge in [-0.3, -0.25) is 34.2 Å². The van der Waals surface area contributed by atoms with Gasteiger partial charge in [0, 0.05) is 29.3 Å². The molecule has 4 aliphatic rings. The number of nitro benzene ring substituents is 1. The number of carbonyl (C=O) groups is 4. The van der Waals surface area contributed by atoms with Gasteiger partial charge in [0.25, 0.3) is 5.69 Å². The second-order valence-corrected chi connectivity index (χ2v) is 8.66. The van der Waals surface area contributed by atoms with Crippen LogP contribution < -0.4 is 4.90 Å². The average Bonchev–Trinajstić information content (AvgIpc) is 3.49. The van der Waals surface area contributed by atoms with Crippen LogP contribution in [0.25, 0.3) is 0 Å². The lowest BCUT2D eigenvalue weighted by Crippen LogP contribution is -2.59. The number of hydrogen-bond acceptors (Lipinski definition) is 7. The lowest BCUT2D eigenvalue weighted by Gasteiger charge is -2.35. The van der Waals surface area contributed by atoms with E-state index in [0.29, 0.717) is 13.0 Å². The average molecular weight is 431 g/mol. The van der Waals surface area contributed by atoms with Crippen molar-refractivity contribution in [2.24, 2.45) is 11.8 Å². The number of nitro groups is 1. The van der Waals surface area contributed by atoms with Gasteiger partial charge in [0.1, 0.15) is 0 Å². The van der Waals surface area contributed by atoms with Crippen molar-refractivity contribution in [3.8, 4) is 0 Å². The second kappa shape index (κ2) is 6.17. The number of Topliss-reactive ketones (excluding diaryl/α,β-unsaturated/α-hetero) is 2. The van der Waals surface area contributed by atoms with Crippen molar-refractivity contribution < 1.29 is 24.1 Å². The molecular weight excluding hydrogens is 414 g/mol. The minimum absolute atomic E-state index is 0.164. The van der Waals surface area contributed by atoms with Crippen LogP contribution in [0.15, 0.2) is 48.5 Å². The monoisotopic (exact) mass is 431 g/mol. The van der Waals surface area contributed by atoms with E-state index in [1.807, 2.05) is 0 Å². The largest absolute Gasteiger partial charge is 0.291 e. The minimum Gasteiger partial charge on any atom is -0.291 e. The zero-order valence-corrected chi connectivity index (χ0v) is 16.8. The predicted molar refractivity (Wildman–Crippen MR) is 110 cm³/mol. The fourth-order valence-corrected chi connectivity index (χ4v) is 6.21. The van der Waals surface area contributed by atoms with Crippen LogP contribution in [0.1, 0.15) is 33.6 Å². The van der Waals surface area contributed by atoms with E-state index in [1.165, 1.54) is 24.3 Å². The molecule has 1 spiro atoms. The zero-order valence-electron chi connectivity index (χ0n) is 16.8. The number of fused-ring (bicyclic) bond motifs is 6. The van der Waals surface area contributed by atoms with Crippen molar-refractivity contribution >= 4 is 34.8 Å². The maximum atomic E-state index is 13.7. The zero-order chi connectivity index (χ0) is 22.4. The lowest BCUT2D eigenvalue weighted by molar-refractivity contribution is -0.384. The van der Waals surface area contributed by atoms with E-state index in [4.69, 9.17) is 0 Å². The van der Waals surface area contributed by atoms with Crippen LogP contribution >= 0.6 is 0 Å². The number of amides is 2. The second-order valence-electron chi connectivity index (χ2n) is 8.66. The van der Waals surface area contributed by atoms with Gasteiger partial charge in [-0.15, -0.1) is 0 Å². The van der Waals surface area contributed by atoms with Crippen molar-refractivity contribution in [3.63, 3.8) is 0 Å². The third-order valence-electron chi connectivity index (χ3n) is 7.40. The summed E-state index contributed by atoms with van der Waals surface area (Å²) >= 11 is 0. The molecule has 3 fully saturated rings. The van der Waals surface area contributed by atoms with E-state index in [9.17, 15) is 29.3 Å². The highest BCUT2D eigenvalue weighted by Crippen LogP contribution is 2.57. The number of anilines is 1. The number of nitrogens with zero attached hydrogens (tertiary/aromatic N) is 3. The molecule has 2 amide bonds. The molecule has 3 unspecified atom stereocenters. The van der Waals surface area contributed by atoms with Crippen LogP contribution in [0.3, 0.4) is 0 Å². The SMILES string of the molecule is O=C1C2C3CCCN3C3(C(=O)c4ccccc4C3=O)C2C(=O)N1c1ccc([N+](=O)[O-])cc1. The van der Waals surface area contributed by atoms with Crippen molar-refractivity contribution in [1.29, 1.82) is 0 Å². The number of ketones is 2. The van der Waals surface area contributed by atoms with Gasteiger partial charge in [0.15, 0.2) is 17.1 Å². The summed E-state index contributed by atoms with van der Waals surface area (Å²) in [5.74, 6) is -3.80. The van der Waals surface area contributed by atoms with Crippen molar-refractivity contribution in [2.75, 3.05) is 11.4 Å². The third-order valence-corrected chi connectivity index (χ3v) is 7.40. The molecular formula is C23H17N3O6. The minimum atomic E-state index is -1.70. The molecule has 3 saturated heterocycles. The number of benzene rings is 2. The first-order chi connectivity index (χ1) is 15.4. The van der Waals surface area contributed by atoms with Crippen LogP contribution in [0.2, 0.25) is 0 Å². The fraction of sp³-hybridized carbons (Fsp3) is 0.304. The summed E-state index contributed by atoms with van der Waals surface area (Å²) in [5.41, 5.74) is -1.08. The predicted octanol–water partition coefficient (Wildman–Crippen LogP) is 2.00. The van der Waals surface area contributed by atoms with Crippen molar-refractivity contribution in [3.05, 3.63) is 69.8 Å². The highest BCUT2D eigenvalue weighted by molar-refractivity contribution is 6.37. The smallest absolute Gasteiger partial charge is 0.269 e. The van der Waals surface area contributed by atoms with E-state index in [1.54, 1.807) is 29.2 Å². The van der Waals surface area contributed by atoms with Crippen molar-refractivity contribution in [2.45, 2.75) is 24.4 Å². The topological polar surface area (TPSA) is 118 Å². The summed E-state index contributed by atoms with van der Waals surface area (Å²) in [4.78, 5) is 67.8. The molecule has 3 aliphatic heterocycles. The number of carbonyl (C=O) groups excluding carboxylic acids is 4. The van der Waals surface area contributed by atoms with Gasteiger partial charge in [-0.25, -0.2) is 4.90 Å². The summed E-state index contributed by atoms with van der Waals surface area (Å²) in [6.45, 7) is 0.473. The molecule has 2 aromatic rings. The summed E-state index contributed by atoms with van der Waals surface area (Å²) in [5, 5.41) is 11.0. The summed E-state index contributed by atoms with van der Waals surface area (Å²) < 4.78 is 0. The molecule has 2 aromatic carbocycles. The Morgan fingerprint density at radius 3 is 2.12 bits per heavy atom. The summed E-state index contributed by atoms with van der Waals surface area (Å²) in [6, 6.07) is 11.3. The number of hydrogen-bond donors (Lipinski definition) is 0. The molecule has 0 N–H and O–H groups in total. The maximum absolute atomic E-state index is 13.7. The van der Waals surface area contributed by atoms with Gasteiger partial charge in [-0.2, -0.15) is 0 Å². The molecule has 0 aromatic heterocycles. The molecule has 0 radical (unpaired) electrons. The summed E-state index contributed by atoms with van der Waals surface area (Å²) in [7, 11) is 0. The highest BCUT2D eigenvalue weighted by Gasteiger charge is 2.76. The van der Waals surface area contributed by atoms with Crippen LogP contribution in [0, 0.1) is 22.0 Å². The summed E-state index contributed by atoms with van der Waals surface area (Å²) in [6.07, 6.45) is 1.35. The Hall–Kier alpha value is -3.72. The number of non-ortho nitro benzene ring substituents is 1. The van der Waals surface area contributed by atoms with Gasteiger partial charge < -0.3 is 0 Å². The Balaban J connectivity index is 1.50. The Morgan fingerprint density at radius 2 is 1.53 bits per heavy atom. The molecule has 3 heterocycles. The standard InChI is InChI=1S/C23H17N3O6/c27-19-14-4-1-2-5-15(14)20(28)23(19)18-17(16-6-3-11-24(16)23)21(29)25(22(18)30)12-7-9-13(10-8-12)26(31)32/h1-2,4-5,7-10,16-18H,3,6,11H2. The van der Waals surface area contributed by atoms with Crippen LogP contribution in [-0.2, 0) is 9.59 Å². The molecule has 160 valence electrons.